The summed E-state index contributed by atoms with van der Waals surface area (Å²) in [5.41, 5.74) is 1.51. The Bertz CT molecular complexity index is 2770. The van der Waals surface area contributed by atoms with Gasteiger partial charge >= 0.3 is 29.6 Å². The smallest absolute Gasteiger partial charge is 0.350 e. The number of benzene rings is 3. The van der Waals surface area contributed by atoms with Gasteiger partial charge in [-0.2, -0.15) is 10.2 Å². The van der Waals surface area contributed by atoms with Crippen molar-refractivity contribution in [3.8, 4) is 11.4 Å². The van der Waals surface area contributed by atoms with Gasteiger partial charge in [-0.05, 0) is 87.2 Å². The van der Waals surface area contributed by atoms with Crippen molar-refractivity contribution in [3.05, 3.63) is 113 Å². The lowest BCUT2D eigenvalue weighted by Gasteiger charge is -2.37. The fraction of sp³-hybridized carbons (Fsp3) is 0.567. The van der Waals surface area contributed by atoms with Crippen LogP contribution in [0.3, 0.4) is 0 Å². The van der Waals surface area contributed by atoms with E-state index in [4.69, 9.17) is 28.4 Å². The van der Waals surface area contributed by atoms with E-state index in [1.807, 2.05) is 55.5 Å². The van der Waals surface area contributed by atoms with E-state index in [0.29, 0.717) is 50.3 Å². The summed E-state index contributed by atoms with van der Waals surface area (Å²) >= 11 is 0. The number of piperazine rings is 1. The van der Waals surface area contributed by atoms with E-state index in [2.05, 4.69) is 38.8 Å². The van der Waals surface area contributed by atoms with E-state index in [0.717, 1.165) is 95.0 Å². The first-order valence-corrected chi connectivity index (χ1v) is 28.9. The van der Waals surface area contributed by atoms with Gasteiger partial charge < -0.3 is 38.2 Å². The molecule has 0 radical (unpaired) electrons. The molecule has 3 aromatic carbocycles. The normalized spacial score (nSPS) is 17.0. The van der Waals surface area contributed by atoms with E-state index in [1.165, 1.54) is 34.0 Å². The molecule has 0 saturated carbocycles. The standard InChI is InChI=1S/C60H80F2N8O11/c1-5-8-10-12-14-16-55(71)77-38-51(39-78-56(72)17-15-13-11-9-6-2)81-58(74)29-28-57(73)80-44(4)54(7-3)70-59(75)69(43-65-70)49-21-19-47(20-22-49)66-30-32-67(33-31-66)48-23-25-50(26-24-48)76-36-45-35-60(79-37-45,40-68-42-63-41-64-68)52-27-18-46(61)34-53(52)62/h18-27,34,41-45,51,54H,5-17,28-33,35-40H2,1-4H3/t44?,45-,54?,60+/m1/s1. The van der Waals surface area contributed by atoms with Crippen molar-refractivity contribution in [2.75, 3.05) is 62.4 Å². The Morgan fingerprint density at radius 2 is 1.27 bits per heavy atom. The van der Waals surface area contributed by atoms with Gasteiger partial charge in [-0.3, -0.25) is 19.2 Å². The van der Waals surface area contributed by atoms with Crippen LogP contribution in [-0.2, 0) is 55.0 Å². The zero-order valence-electron chi connectivity index (χ0n) is 47.4. The number of hydrogen-bond acceptors (Lipinski definition) is 16. The molecule has 2 aliphatic rings. The molecular weight excluding hydrogens is 1050 g/mol. The summed E-state index contributed by atoms with van der Waals surface area (Å²) in [6.07, 6.45) is 12.9. The first kappa shape index (κ1) is 61.5. The minimum absolute atomic E-state index is 0.0514. The van der Waals surface area contributed by atoms with Crippen LogP contribution < -0.4 is 20.2 Å². The van der Waals surface area contributed by atoms with Crippen LogP contribution >= 0.6 is 0 Å². The highest BCUT2D eigenvalue weighted by Crippen LogP contribution is 2.42. The Kier molecular flexibility index (Phi) is 23.6. The average molecular weight is 1130 g/mol. The number of rotatable bonds is 33. The zero-order valence-corrected chi connectivity index (χ0v) is 47.4. The molecule has 0 aliphatic carbocycles. The molecule has 4 atom stereocenters. The summed E-state index contributed by atoms with van der Waals surface area (Å²) in [5.74, 6) is -2.95. The van der Waals surface area contributed by atoms with E-state index < -0.39 is 65.1 Å². The molecule has 2 aromatic heterocycles. The van der Waals surface area contributed by atoms with Crippen molar-refractivity contribution in [1.29, 1.82) is 0 Å². The predicted molar refractivity (Wildman–Crippen MR) is 299 cm³/mol. The molecule has 21 heteroatoms. The second kappa shape index (κ2) is 31.2. The third-order valence-corrected chi connectivity index (χ3v) is 14.9. The summed E-state index contributed by atoms with van der Waals surface area (Å²) in [7, 11) is 0. The van der Waals surface area contributed by atoms with Crippen molar-refractivity contribution in [2.45, 2.75) is 161 Å². The average Bonchev–Trinajstić information content (AvgIpc) is 4.45. The van der Waals surface area contributed by atoms with Gasteiger partial charge in [-0.25, -0.2) is 32.5 Å². The third kappa shape index (κ3) is 18.2. The molecule has 81 heavy (non-hydrogen) atoms. The second-order valence-corrected chi connectivity index (χ2v) is 21.1. The first-order valence-electron chi connectivity index (χ1n) is 28.9. The van der Waals surface area contributed by atoms with Gasteiger partial charge in [0.2, 0.25) is 0 Å². The molecule has 4 heterocycles. The maximum absolute atomic E-state index is 15.1. The topological polar surface area (TPSA) is 201 Å². The molecule has 0 spiro atoms. The highest BCUT2D eigenvalue weighted by molar-refractivity contribution is 5.78. The summed E-state index contributed by atoms with van der Waals surface area (Å²) in [6, 6.07) is 18.6. The molecule has 19 nitrogen and oxygen atoms in total. The van der Waals surface area contributed by atoms with Gasteiger partial charge in [0.05, 0.1) is 44.3 Å². The Morgan fingerprint density at radius 3 is 1.84 bits per heavy atom. The summed E-state index contributed by atoms with van der Waals surface area (Å²) < 4.78 is 67.8. The first-order chi connectivity index (χ1) is 39.3. The molecule has 0 N–H and O–H groups in total. The molecule has 2 fully saturated rings. The second-order valence-electron chi connectivity index (χ2n) is 21.1. The maximum Gasteiger partial charge on any atom is 0.350 e. The minimum Gasteiger partial charge on any atom is -0.493 e. The molecule has 5 aromatic rings. The van der Waals surface area contributed by atoms with Crippen LogP contribution in [0.1, 0.15) is 142 Å². The Labute approximate surface area is 473 Å². The monoisotopic (exact) mass is 1130 g/mol. The lowest BCUT2D eigenvalue weighted by molar-refractivity contribution is -0.168. The predicted octanol–water partition coefficient (Wildman–Crippen LogP) is 9.62. The van der Waals surface area contributed by atoms with Gasteiger partial charge in [0.15, 0.2) is 6.10 Å². The van der Waals surface area contributed by atoms with Crippen molar-refractivity contribution >= 4 is 35.3 Å². The molecule has 0 bridgehead atoms. The Hall–Kier alpha value is -7.16. The quantitative estimate of drug-likeness (QED) is 0.0218. The van der Waals surface area contributed by atoms with Crippen molar-refractivity contribution in [2.24, 2.45) is 5.92 Å². The largest absolute Gasteiger partial charge is 0.493 e. The number of halogens is 2. The van der Waals surface area contributed by atoms with Gasteiger partial charge in [-0.15, -0.1) is 0 Å². The molecular formula is C60H80F2N8O11. The summed E-state index contributed by atoms with van der Waals surface area (Å²) in [4.78, 5) is 73.4. The van der Waals surface area contributed by atoms with E-state index in [1.54, 1.807) is 17.9 Å². The molecule has 0 amide bonds. The lowest BCUT2D eigenvalue weighted by Crippen LogP contribution is -2.46. The number of esters is 4. The van der Waals surface area contributed by atoms with E-state index >= 15 is 4.39 Å². The minimum atomic E-state index is -1.06. The maximum atomic E-state index is 15.1. The van der Waals surface area contributed by atoms with Crippen LogP contribution in [0.4, 0.5) is 20.2 Å². The van der Waals surface area contributed by atoms with Gasteiger partial charge in [0.1, 0.15) is 61.3 Å². The molecule has 440 valence electrons. The number of carbonyl (C=O) groups excluding carboxylic acids is 4. The van der Waals surface area contributed by atoms with Crippen LogP contribution in [0.25, 0.3) is 5.69 Å². The Balaban J connectivity index is 0.843. The Morgan fingerprint density at radius 1 is 0.691 bits per heavy atom. The highest BCUT2D eigenvalue weighted by atomic mass is 19.1. The van der Waals surface area contributed by atoms with Gasteiger partial charge in [0.25, 0.3) is 0 Å². The molecule has 2 unspecified atom stereocenters. The zero-order chi connectivity index (χ0) is 57.6. The van der Waals surface area contributed by atoms with Crippen molar-refractivity contribution in [3.63, 3.8) is 0 Å². The third-order valence-electron chi connectivity index (χ3n) is 14.9. The van der Waals surface area contributed by atoms with Crippen LogP contribution in [0, 0.1) is 17.6 Å². The number of carbonyl (C=O) groups is 4. The molecule has 2 aliphatic heterocycles. The SMILES string of the molecule is CCCCCCCC(=O)OCC(COC(=O)CCCCCCC)OC(=O)CCC(=O)OC(C)C(CC)n1ncn(-c2ccc(N3CCN(c4ccc(OC[C@@H]5CO[C@@](Cn6cncn6)(c6ccc(F)cc6F)C5)cc4)CC3)cc2)c1=O. The van der Waals surface area contributed by atoms with E-state index in [-0.39, 0.29) is 56.9 Å². The van der Waals surface area contributed by atoms with Gasteiger partial charge in [-0.1, -0.05) is 78.2 Å². The van der Waals surface area contributed by atoms with Crippen molar-refractivity contribution < 1.29 is 56.4 Å². The number of hydrogen-bond donors (Lipinski definition) is 0. The summed E-state index contributed by atoms with van der Waals surface area (Å²) in [5, 5.41) is 8.60. The lowest BCUT2D eigenvalue weighted by atomic mass is 9.87. The van der Waals surface area contributed by atoms with E-state index in [9.17, 15) is 28.4 Å². The summed E-state index contributed by atoms with van der Waals surface area (Å²) in [6.45, 7) is 11.2. The molecule has 7 rings (SSSR count). The number of ether oxygens (including phenoxy) is 6. The van der Waals surface area contributed by atoms with Gasteiger partial charge in [0, 0.05) is 67.9 Å². The number of aromatic nitrogens is 6. The highest BCUT2D eigenvalue weighted by Gasteiger charge is 2.45. The number of anilines is 2. The fourth-order valence-corrected chi connectivity index (χ4v) is 10.4. The number of nitrogens with zero attached hydrogens (tertiary/aromatic N) is 8. The van der Waals surface area contributed by atoms with Crippen LogP contribution in [-0.4, -0.2) is 118 Å². The fourth-order valence-electron chi connectivity index (χ4n) is 10.4. The van der Waals surface area contributed by atoms with Crippen LogP contribution in [0.15, 0.2) is 90.5 Å². The molecule has 2 saturated heterocycles. The van der Waals surface area contributed by atoms with Crippen LogP contribution in [0.5, 0.6) is 5.75 Å². The number of unbranched alkanes of at least 4 members (excludes halogenated alkanes) is 8. The van der Waals surface area contributed by atoms with Crippen LogP contribution in [0.2, 0.25) is 0 Å². The van der Waals surface area contributed by atoms with Crippen molar-refractivity contribution in [1.82, 2.24) is 29.1 Å².